The SMILES string of the molecule is O=C(Cn1c(CCNC(=O)c2ccncc2)nc2ccccc21)Nc1ccc2c(c1)CCC2. The Morgan fingerprint density at radius 1 is 0.970 bits per heavy atom. The predicted molar refractivity (Wildman–Crippen MR) is 127 cm³/mol. The standard InChI is InChI=1S/C26H25N5O2/c32-25(29-21-9-8-18-4-3-5-20(18)16-21)17-31-23-7-2-1-6-22(23)30-24(31)12-15-28-26(33)19-10-13-27-14-11-19/h1-2,6-11,13-14,16H,3-5,12,15,17H2,(H,28,33)(H,29,32). The van der Waals surface area contributed by atoms with E-state index < -0.39 is 0 Å². The zero-order valence-corrected chi connectivity index (χ0v) is 18.3. The normalized spacial score (nSPS) is 12.5. The number of aromatic nitrogens is 3. The average molecular weight is 440 g/mol. The van der Waals surface area contributed by atoms with Crippen molar-refractivity contribution in [3.8, 4) is 0 Å². The van der Waals surface area contributed by atoms with Crippen molar-refractivity contribution in [3.05, 3.63) is 89.5 Å². The molecule has 0 atom stereocenters. The Balaban J connectivity index is 1.29. The van der Waals surface area contributed by atoms with E-state index in [4.69, 9.17) is 4.98 Å². The van der Waals surface area contributed by atoms with Gasteiger partial charge in [0.15, 0.2) is 0 Å². The van der Waals surface area contributed by atoms with E-state index in [2.05, 4.69) is 27.8 Å². The summed E-state index contributed by atoms with van der Waals surface area (Å²) in [5, 5.41) is 5.95. The molecule has 0 unspecified atom stereocenters. The molecule has 5 rings (SSSR count). The van der Waals surface area contributed by atoms with Crippen LogP contribution in [0.2, 0.25) is 0 Å². The van der Waals surface area contributed by atoms with Gasteiger partial charge in [0, 0.05) is 36.6 Å². The van der Waals surface area contributed by atoms with E-state index in [1.807, 2.05) is 34.9 Å². The minimum Gasteiger partial charge on any atom is -0.352 e. The van der Waals surface area contributed by atoms with Gasteiger partial charge in [-0.2, -0.15) is 0 Å². The first-order chi connectivity index (χ1) is 16.2. The van der Waals surface area contributed by atoms with Gasteiger partial charge < -0.3 is 15.2 Å². The highest BCUT2D eigenvalue weighted by Gasteiger charge is 2.16. The first-order valence-corrected chi connectivity index (χ1v) is 11.2. The summed E-state index contributed by atoms with van der Waals surface area (Å²) >= 11 is 0. The lowest BCUT2D eigenvalue weighted by atomic mass is 10.1. The van der Waals surface area contributed by atoms with Gasteiger partial charge in [-0.3, -0.25) is 14.6 Å². The zero-order chi connectivity index (χ0) is 22.6. The van der Waals surface area contributed by atoms with Crippen LogP contribution in [-0.2, 0) is 30.6 Å². The number of amides is 2. The monoisotopic (exact) mass is 439 g/mol. The van der Waals surface area contributed by atoms with Crippen LogP contribution in [0.3, 0.4) is 0 Å². The van der Waals surface area contributed by atoms with Crippen molar-refractivity contribution in [2.75, 3.05) is 11.9 Å². The molecule has 2 N–H and O–H groups in total. The summed E-state index contributed by atoms with van der Waals surface area (Å²) in [4.78, 5) is 33.9. The van der Waals surface area contributed by atoms with Gasteiger partial charge in [-0.1, -0.05) is 18.2 Å². The third-order valence-corrected chi connectivity index (χ3v) is 5.99. The predicted octanol–water partition coefficient (Wildman–Crippen LogP) is 3.53. The summed E-state index contributed by atoms with van der Waals surface area (Å²) in [7, 11) is 0. The number of carbonyl (C=O) groups excluding carboxylic acids is 2. The lowest BCUT2D eigenvalue weighted by Crippen LogP contribution is -2.27. The van der Waals surface area contributed by atoms with Crippen molar-refractivity contribution in [2.45, 2.75) is 32.2 Å². The molecule has 1 aliphatic carbocycles. The van der Waals surface area contributed by atoms with Crippen LogP contribution in [0, 0.1) is 0 Å². The molecule has 1 aliphatic rings. The van der Waals surface area contributed by atoms with E-state index in [1.165, 1.54) is 17.5 Å². The summed E-state index contributed by atoms with van der Waals surface area (Å²) in [5.41, 5.74) is 5.83. The molecule has 33 heavy (non-hydrogen) atoms. The molecule has 0 saturated carbocycles. The molecule has 2 heterocycles. The highest BCUT2D eigenvalue weighted by molar-refractivity contribution is 5.94. The van der Waals surface area contributed by atoms with Crippen LogP contribution in [0.1, 0.15) is 33.7 Å². The molecule has 0 aliphatic heterocycles. The molecule has 7 heteroatoms. The Kier molecular flexibility index (Phi) is 5.85. The number of carbonyl (C=O) groups is 2. The second kappa shape index (κ2) is 9.24. The van der Waals surface area contributed by atoms with Crippen LogP contribution in [0.15, 0.2) is 67.0 Å². The number of nitrogens with zero attached hydrogens (tertiary/aromatic N) is 3. The number of rotatable bonds is 7. The number of hydrogen-bond acceptors (Lipinski definition) is 4. The summed E-state index contributed by atoms with van der Waals surface area (Å²) in [6.07, 6.45) is 7.06. The largest absolute Gasteiger partial charge is 0.352 e. The van der Waals surface area contributed by atoms with Crippen LogP contribution in [0.25, 0.3) is 11.0 Å². The van der Waals surface area contributed by atoms with Crippen LogP contribution >= 0.6 is 0 Å². The summed E-state index contributed by atoms with van der Waals surface area (Å²) in [6.45, 7) is 0.572. The maximum atomic E-state index is 12.9. The molecule has 2 amide bonds. The first kappa shape index (κ1) is 20.9. The second-order valence-corrected chi connectivity index (χ2v) is 8.23. The number of benzene rings is 2. The number of fused-ring (bicyclic) bond motifs is 2. The lowest BCUT2D eigenvalue weighted by molar-refractivity contribution is -0.116. The molecule has 0 radical (unpaired) electrons. The molecule has 0 bridgehead atoms. The summed E-state index contributed by atoms with van der Waals surface area (Å²) in [6, 6.07) is 17.3. The Labute approximate surface area is 191 Å². The van der Waals surface area contributed by atoms with Gasteiger partial charge >= 0.3 is 0 Å². The Hall–Kier alpha value is -4.00. The second-order valence-electron chi connectivity index (χ2n) is 8.23. The number of anilines is 1. The third-order valence-electron chi connectivity index (χ3n) is 5.99. The quantitative estimate of drug-likeness (QED) is 0.461. The van der Waals surface area contributed by atoms with Gasteiger partial charge in [-0.05, 0) is 66.8 Å². The molecule has 4 aromatic rings. The molecule has 7 nitrogen and oxygen atoms in total. The van der Waals surface area contributed by atoms with Crippen molar-refractivity contribution in [3.63, 3.8) is 0 Å². The van der Waals surface area contributed by atoms with Gasteiger partial charge in [0.25, 0.3) is 5.91 Å². The van der Waals surface area contributed by atoms with Crippen molar-refractivity contribution in [1.29, 1.82) is 0 Å². The number of imidazole rings is 1. The molecule has 0 spiro atoms. The number of nitrogens with one attached hydrogen (secondary N) is 2. The van der Waals surface area contributed by atoms with Crippen molar-refractivity contribution < 1.29 is 9.59 Å². The van der Waals surface area contributed by atoms with Crippen LogP contribution < -0.4 is 10.6 Å². The number of pyridine rings is 1. The number of para-hydroxylation sites is 2. The van der Waals surface area contributed by atoms with Crippen LogP contribution in [0.5, 0.6) is 0 Å². The molecule has 0 fully saturated rings. The Morgan fingerprint density at radius 3 is 2.67 bits per heavy atom. The molecule has 0 saturated heterocycles. The van der Waals surface area contributed by atoms with E-state index in [0.717, 1.165) is 35.4 Å². The fourth-order valence-electron chi connectivity index (χ4n) is 4.38. The molecular weight excluding hydrogens is 414 g/mol. The smallest absolute Gasteiger partial charge is 0.251 e. The third kappa shape index (κ3) is 4.62. The minimum absolute atomic E-state index is 0.0989. The van der Waals surface area contributed by atoms with E-state index in [-0.39, 0.29) is 18.4 Å². The van der Waals surface area contributed by atoms with Gasteiger partial charge in [0.05, 0.1) is 11.0 Å². The topological polar surface area (TPSA) is 88.9 Å². The fourth-order valence-corrected chi connectivity index (χ4v) is 4.38. The number of aryl methyl sites for hydroxylation is 2. The Bertz CT molecular complexity index is 1310. The molecule has 2 aromatic carbocycles. The minimum atomic E-state index is -0.158. The van der Waals surface area contributed by atoms with Crippen LogP contribution in [-0.4, -0.2) is 32.9 Å². The summed E-state index contributed by atoms with van der Waals surface area (Å²) < 4.78 is 1.93. The van der Waals surface area contributed by atoms with Crippen LogP contribution in [0.4, 0.5) is 5.69 Å². The van der Waals surface area contributed by atoms with E-state index >= 15 is 0 Å². The fraction of sp³-hybridized carbons (Fsp3) is 0.231. The van der Waals surface area contributed by atoms with Crippen molar-refractivity contribution in [2.24, 2.45) is 0 Å². The van der Waals surface area contributed by atoms with Crippen molar-refractivity contribution >= 4 is 28.5 Å². The van der Waals surface area contributed by atoms with E-state index in [1.54, 1.807) is 24.5 Å². The van der Waals surface area contributed by atoms with Gasteiger partial charge in [0.1, 0.15) is 12.4 Å². The van der Waals surface area contributed by atoms with Gasteiger partial charge in [-0.25, -0.2) is 4.98 Å². The lowest BCUT2D eigenvalue weighted by Gasteiger charge is -2.11. The zero-order valence-electron chi connectivity index (χ0n) is 18.3. The highest BCUT2D eigenvalue weighted by Crippen LogP contribution is 2.25. The van der Waals surface area contributed by atoms with Crippen molar-refractivity contribution in [1.82, 2.24) is 19.9 Å². The molecule has 2 aromatic heterocycles. The van der Waals surface area contributed by atoms with Gasteiger partial charge in [0.2, 0.25) is 5.91 Å². The molecular formula is C26H25N5O2. The first-order valence-electron chi connectivity index (χ1n) is 11.2. The Morgan fingerprint density at radius 2 is 1.79 bits per heavy atom. The maximum absolute atomic E-state index is 12.9. The highest BCUT2D eigenvalue weighted by atomic mass is 16.2. The van der Waals surface area contributed by atoms with E-state index in [9.17, 15) is 9.59 Å². The molecule has 166 valence electrons. The average Bonchev–Trinajstić information content (AvgIpc) is 3.44. The number of hydrogen-bond donors (Lipinski definition) is 2. The summed E-state index contributed by atoms with van der Waals surface area (Å²) in [5.74, 6) is 0.503. The van der Waals surface area contributed by atoms with Gasteiger partial charge in [-0.15, -0.1) is 0 Å². The van der Waals surface area contributed by atoms with E-state index in [0.29, 0.717) is 18.5 Å². The maximum Gasteiger partial charge on any atom is 0.251 e.